The van der Waals surface area contributed by atoms with Gasteiger partial charge in [0.25, 0.3) is 5.91 Å². The van der Waals surface area contributed by atoms with E-state index in [4.69, 9.17) is 4.74 Å². The summed E-state index contributed by atoms with van der Waals surface area (Å²) in [7, 11) is 0. The van der Waals surface area contributed by atoms with E-state index in [0.717, 1.165) is 29.3 Å². The molecule has 1 aromatic carbocycles. The molecular weight excluding hydrogens is 455 g/mol. The fourth-order valence-electron chi connectivity index (χ4n) is 2.58. The number of aromatic nitrogens is 4. The summed E-state index contributed by atoms with van der Waals surface area (Å²) in [6.45, 7) is 3.57. The van der Waals surface area contributed by atoms with Crippen molar-refractivity contribution >= 4 is 40.1 Å². The van der Waals surface area contributed by atoms with Crippen molar-refractivity contribution in [2.75, 3.05) is 17.7 Å². The Morgan fingerprint density at radius 2 is 2.00 bits per heavy atom. The molecule has 2 heterocycles. The van der Waals surface area contributed by atoms with Crippen molar-refractivity contribution < 1.29 is 27.5 Å². The van der Waals surface area contributed by atoms with Crippen LogP contribution < -0.4 is 5.32 Å². The summed E-state index contributed by atoms with van der Waals surface area (Å²) in [5.41, 5.74) is -1.06. The Balaban J connectivity index is 1.81. The lowest BCUT2D eigenvalue weighted by atomic mass is 10.2. The van der Waals surface area contributed by atoms with Gasteiger partial charge in [-0.15, -0.1) is 10.2 Å². The van der Waals surface area contributed by atoms with Gasteiger partial charge in [0, 0.05) is 0 Å². The van der Waals surface area contributed by atoms with Crippen LogP contribution >= 0.6 is 23.1 Å². The minimum Gasteiger partial charge on any atom is -0.465 e. The van der Waals surface area contributed by atoms with Crippen LogP contribution in [0.5, 0.6) is 0 Å². The van der Waals surface area contributed by atoms with E-state index in [1.807, 2.05) is 0 Å². The number of anilines is 1. The Hall–Kier alpha value is -2.93. The maximum atomic E-state index is 13.8. The quantitative estimate of drug-likeness (QED) is 0.316. The van der Waals surface area contributed by atoms with Gasteiger partial charge >= 0.3 is 12.1 Å². The van der Waals surface area contributed by atoms with Crippen molar-refractivity contribution in [2.24, 2.45) is 0 Å². The largest absolute Gasteiger partial charge is 0.465 e. The van der Waals surface area contributed by atoms with Crippen LogP contribution in [0.4, 0.5) is 18.3 Å². The second-order valence-electron chi connectivity index (χ2n) is 6.02. The lowest BCUT2D eigenvalue weighted by molar-refractivity contribution is -0.143. The molecule has 0 saturated heterocycles. The molecule has 0 aliphatic heterocycles. The molecule has 3 aromatic rings. The average Bonchev–Trinajstić information content (AvgIpc) is 3.34. The van der Waals surface area contributed by atoms with Crippen molar-refractivity contribution in [1.82, 2.24) is 20.0 Å². The van der Waals surface area contributed by atoms with E-state index in [2.05, 4.69) is 20.6 Å². The molecule has 0 bridgehead atoms. The van der Waals surface area contributed by atoms with Gasteiger partial charge in [0.05, 0.1) is 29.8 Å². The first-order chi connectivity index (χ1) is 14.7. The van der Waals surface area contributed by atoms with E-state index in [9.17, 15) is 22.8 Å². The van der Waals surface area contributed by atoms with Crippen molar-refractivity contribution in [3.8, 4) is 5.69 Å². The molecule has 0 unspecified atom stereocenters. The lowest BCUT2D eigenvalue weighted by Gasteiger charge is -2.14. The van der Waals surface area contributed by atoms with Gasteiger partial charge in [0.2, 0.25) is 5.13 Å². The summed E-state index contributed by atoms with van der Waals surface area (Å²) in [5, 5.41) is 13.6. The molecule has 2 aromatic heterocycles. The molecule has 0 aliphatic carbocycles. The van der Waals surface area contributed by atoms with Crippen LogP contribution in [0.3, 0.4) is 0 Å². The van der Waals surface area contributed by atoms with Gasteiger partial charge in [-0.2, -0.15) is 18.3 Å². The van der Waals surface area contributed by atoms with Crippen LogP contribution in [0.25, 0.3) is 5.69 Å². The second-order valence-corrected chi connectivity index (χ2v) is 8.22. The summed E-state index contributed by atoms with van der Waals surface area (Å²) in [4.78, 5) is 24.0. The van der Waals surface area contributed by atoms with E-state index in [0.29, 0.717) is 14.6 Å². The molecule has 13 heteroatoms. The smallest absolute Gasteiger partial charge is 0.434 e. The van der Waals surface area contributed by atoms with Crippen molar-refractivity contribution in [3.63, 3.8) is 0 Å². The first-order valence-corrected chi connectivity index (χ1v) is 10.7. The Kier molecular flexibility index (Phi) is 6.95. The topological polar surface area (TPSA) is 99.0 Å². The number of nitrogens with zero attached hydrogens (tertiary/aromatic N) is 4. The first-order valence-electron chi connectivity index (χ1n) is 8.85. The third-order valence-electron chi connectivity index (χ3n) is 3.87. The van der Waals surface area contributed by atoms with Gasteiger partial charge in [-0.05, 0) is 25.5 Å². The van der Waals surface area contributed by atoms with E-state index in [1.165, 1.54) is 6.07 Å². The van der Waals surface area contributed by atoms with Gasteiger partial charge in [-0.1, -0.05) is 41.3 Å². The van der Waals surface area contributed by atoms with E-state index >= 15 is 0 Å². The molecule has 8 nitrogen and oxygen atoms in total. The van der Waals surface area contributed by atoms with Crippen molar-refractivity contribution in [2.45, 2.75) is 24.4 Å². The predicted octanol–water partition coefficient (Wildman–Crippen LogP) is 3.96. The third kappa shape index (κ3) is 5.41. The molecule has 3 rings (SSSR count). The maximum absolute atomic E-state index is 13.8. The van der Waals surface area contributed by atoms with Crippen LogP contribution in [0.15, 0.2) is 34.8 Å². The number of nitrogens with one attached hydrogen (secondary N) is 1. The number of aryl methyl sites for hydroxylation is 1. The number of hydrogen-bond acceptors (Lipinski definition) is 8. The van der Waals surface area contributed by atoms with E-state index < -0.39 is 29.3 Å². The van der Waals surface area contributed by atoms with E-state index in [1.54, 1.807) is 32.0 Å². The molecule has 0 atom stereocenters. The minimum absolute atomic E-state index is 0.00214. The molecule has 1 N–H and O–H groups in total. The van der Waals surface area contributed by atoms with Gasteiger partial charge in [-0.25, -0.2) is 4.68 Å². The monoisotopic (exact) mass is 471 g/mol. The summed E-state index contributed by atoms with van der Waals surface area (Å²) in [6, 6.07) is 6.40. The molecule has 0 spiro atoms. The Labute approximate surface area is 182 Å². The zero-order chi connectivity index (χ0) is 22.6. The number of benzene rings is 1. The Bertz CT molecular complexity index is 1100. The highest BCUT2D eigenvalue weighted by Crippen LogP contribution is 2.35. The number of alkyl halides is 3. The summed E-state index contributed by atoms with van der Waals surface area (Å²) >= 11 is 1.97. The second kappa shape index (κ2) is 9.47. The van der Waals surface area contributed by atoms with Crippen molar-refractivity contribution in [3.05, 3.63) is 47.3 Å². The normalized spacial score (nSPS) is 11.4. The lowest BCUT2D eigenvalue weighted by Crippen LogP contribution is -2.21. The summed E-state index contributed by atoms with van der Waals surface area (Å²) in [6.07, 6.45) is -3.96. The Morgan fingerprint density at radius 3 is 2.68 bits per heavy atom. The number of thioether (sulfide) groups is 1. The maximum Gasteiger partial charge on any atom is 0.434 e. The number of para-hydroxylation sites is 1. The number of amides is 1. The van der Waals surface area contributed by atoms with Gasteiger partial charge in [-0.3, -0.25) is 14.9 Å². The SMILES string of the molecule is CCOC(=O)CSc1nnc(NC(=O)c2cnn(-c3ccccc3C)c2C(F)(F)F)s1. The Morgan fingerprint density at radius 1 is 1.26 bits per heavy atom. The summed E-state index contributed by atoms with van der Waals surface area (Å²) < 4.78 is 47.2. The molecule has 31 heavy (non-hydrogen) atoms. The van der Waals surface area contributed by atoms with E-state index in [-0.39, 0.29) is 23.2 Å². The first kappa shape index (κ1) is 22.7. The molecule has 1 amide bonds. The number of hydrogen-bond donors (Lipinski definition) is 1. The zero-order valence-corrected chi connectivity index (χ0v) is 17.9. The number of carbonyl (C=O) groups is 2. The fraction of sp³-hybridized carbons (Fsp3) is 0.278. The van der Waals surface area contributed by atoms with Crippen molar-refractivity contribution in [1.29, 1.82) is 0 Å². The molecular formula is C18H16F3N5O3S2. The number of esters is 1. The highest BCUT2D eigenvalue weighted by Gasteiger charge is 2.41. The molecule has 164 valence electrons. The molecule has 0 radical (unpaired) electrons. The van der Waals surface area contributed by atoms with Crippen LogP contribution in [0.1, 0.15) is 28.5 Å². The number of carbonyl (C=O) groups excluding carboxylic acids is 2. The zero-order valence-electron chi connectivity index (χ0n) is 16.3. The highest BCUT2D eigenvalue weighted by atomic mass is 32.2. The van der Waals surface area contributed by atoms with Crippen LogP contribution in [-0.2, 0) is 15.7 Å². The fourth-order valence-corrected chi connectivity index (χ4v) is 4.12. The third-order valence-corrected chi connectivity index (χ3v) is 5.82. The average molecular weight is 471 g/mol. The molecule has 0 saturated carbocycles. The standard InChI is InChI=1S/C18H16F3N5O3S2/c1-3-29-13(27)9-30-17-25-24-16(31-17)23-15(28)11-8-22-26(14(11)18(19,20)21)12-7-5-4-6-10(12)2/h4-8H,3,9H2,1-2H3,(H,23,24,28). The summed E-state index contributed by atoms with van der Waals surface area (Å²) in [5.74, 6) is -1.46. The number of halogens is 3. The van der Waals surface area contributed by atoms with Crippen LogP contribution in [-0.4, -0.2) is 44.2 Å². The van der Waals surface area contributed by atoms with Gasteiger partial charge < -0.3 is 4.74 Å². The molecule has 0 fully saturated rings. The van der Waals surface area contributed by atoms with Gasteiger partial charge in [0.1, 0.15) is 0 Å². The predicted molar refractivity (Wildman–Crippen MR) is 109 cm³/mol. The number of rotatable bonds is 7. The van der Waals surface area contributed by atoms with Crippen LogP contribution in [0, 0.1) is 6.92 Å². The number of ether oxygens (including phenoxy) is 1. The van der Waals surface area contributed by atoms with Crippen LogP contribution in [0.2, 0.25) is 0 Å². The van der Waals surface area contributed by atoms with Gasteiger partial charge in [0.15, 0.2) is 10.0 Å². The minimum atomic E-state index is -4.83. The molecule has 0 aliphatic rings. The highest BCUT2D eigenvalue weighted by molar-refractivity contribution is 8.01.